The van der Waals surface area contributed by atoms with Gasteiger partial charge in [-0.15, -0.1) is 0 Å². The molecule has 3 N–H and O–H groups in total. The number of aromatic nitrogens is 1. The first kappa shape index (κ1) is 27.5. The van der Waals surface area contributed by atoms with Crippen molar-refractivity contribution in [1.29, 1.82) is 0 Å². The summed E-state index contributed by atoms with van der Waals surface area (Å²) in [5.74, 6) is 0.0859. The topological polar surface area (TPSA) is 113 Å². The van der Waals surface area contributed by atoms with Crippen molar-refractivity contribution in [2.24, 2.45) is 11.8 Å². The molecule has 0 radical (unpaired) electrons. The zero-order chi connectivity index (χ0) is 26.3. The standard InChI is InChI=1S/C24H34F3N5O4/c1-3-4-9-36-23(35)31-20(17-7-5-15(2)6-8-17)21(33)29-18-10-16(11-28-12-18)13-32-14-19(24(25,26)27)30-22(32)34/h10-12,15,17,19-20H,3-9,13-14H2,1-2H3,(H,29,33)(H,30,34)(H,31,35)/t15?,17?,19-,20+/m0/s1. The Morgan fingerprint density at radius 1 is 1.25 bits per heavy atom. The lowest BCUT2D eigenvalue weighted by molar-refractivity contribution is -0.149. The van der Waals surface area contributed by atoms with Crippen molar-refractivity contribution >= 4 is 23.7 Å². The van der Waals surface area contributed by atoms with Crippen molar-refractivity contribution in [3.05, 3.63) is 24.0 Å². The smallest absolute Gasteiger partial charge is 0.410 e. The van der Waals surface area contributed by atoms with Crippen LogP contribution in [0.25, 0.3) is 0 Å². The maximum Gasteiger partial charge on any atom is 0.410 e. The molecule has 2 heterocycles. The van der Waals surface area contributed by atoms with Crippen LogP contribution in [0.5, 0.6) is 0 Å². The van der Waals surface area contributed by atoms with Crippen LogP contribution in [0.4, 0.5) is 28.4 Å². The van der Waals surface area contributed by atoms with Gasteiger partial charge in [0.1, 0.15) is 12.1 Å². The third-order valence-corrected chi connectivity index (χ3v) is 6.64. The third kappa shape index (κ3) is 7.72. The second-order valence-corrected chi connectivity index (χ2v) is 9.63. The molecular weight excluding hydrogens is 479 g/mol. The largest absolute Gasteiger partial charge is 0.450 e. The van der Waals surface area contributed by atoms with Gasteiger partial charge in [-0.05, 0) is 42.7 Å². The first-order valence-electron chi connectivity index (χ1n) is 12.4. The summed E-state index contributed by atoms with van der Waals surface area (Å²) in [5.41, 5.74) is 0.778. The van der Waals surface area contributed by atoms with E-state index >= 15 is 0 Å². The summed E-state index contributed by atoms with van der Waals surface area (Å²) in [5, 5.41) is 7.40. The predicted octanol–water partition coefficient (Wildman–Crippen LogP) is 4.20. The van der Waals surface area contributed by atoms with Gasteiger partial charge in [-0.25, -0.2) is 9.59 Å². The first-order chi connectivity index (χ1) is 17.1. The van der Waals surface area contributed by atoms with E-state index in [4.69, 9.17) is 4.74 Å². The minimum Gasteiger partial charge on any atom is -0.450 e. The number of alkyl carbamates (subject to hydrolysis) is 1. The number of pyridine rings is 1. The van der Waals surface area contributed by atoms with Crippen LogP contribution in [0.1, 0.15) is 57.9 Å². The predicted molar refractivity (Wildman–Crippen MR) is 126 cm³/mol. The Kier molecular flexibility index (Phi) is 9.38. The van der Waals surface area contributed by atoms with E-state index < -0.39 is 42.8 Å². The molecule has 1 saturated carbocycles. The minimum atomic E-state index is -4.53. The first-order valence-corrected chi connectivity index (χ1v) is 12.4. The number of halogens is 3. The van der Waals surface area contributed by atoms with Gasteiger partial charge >= 0.3 is 18.3 Å². The number of nitrogens with zero attached hydrogens (tertiary/aromatic N) is 2. The van der Waals surface area contributed by atoms with Crippen molar-refractivity contribution in [3.63, 3.8) is 0 Å². The molecule has 0 unspecified atom stereocenters. The zero-order valence-corrected chi connectivity index (χ0v) is 20.6. The Bertz CT molecular complexity index is 921. The molecule has 1 aliphatic heterocycles. The van der Waals surface area contributed by atoms with Gasteiger partial charge in [0.05, 0.1) is 25.0 Å². The van der Waals surface area contributed by atoms with Crippen molar-refractivity contribution in [2.75, 3.05) is 18.5 Å². The Hall–Kier alpha value is -3.05. The van der Waals surface area contributed by atoms with Crippen LogP contribution in [0.2, 0.25) is 0 Å². The number of hydrogen-bond acceptors (Lipinski definition) is 5. The maximum absolute atomic E-state index is 13.2. The number of rotatable bonds is 9. The van der Waals surface area contributed by atoms with Crippen LogP contribution in [0, 0.1) is 11.8 Å². The maximum atomic E-state index is 13.2. The number of urea groups is 1. The van der Waals surface area contributed by atoms with Gasteiger partial charge in [0.25, 0.3) is 0 Å². The van der Waals surface area contributed by atoms with E-state index in [2.05, 4.69) is 22.5 Å². The van der Waals surface area contributed by atoms with Crippen LogP contribution >= 0.6 is 0 Å². The number of amides is 4. The number of ether oxygens (including phenoxy) is 1. The molecule has 1 aliphatic carbocycles. The molecule has 0 bridgehead atoms. The van der Waals surface area contributed by atoms with E-state index in [1.54, 1.807) is 6.07 Å². The Balaban J connectivity index is 1.65. The lowest BCUT2D eigenvalue weighted by Gasteiger charge is -2.32. The summed E-state index contributed by atoms with van der Waals surface area (Å²) < 4.78 is 44.0. The number of nitrogens with one attached hydrogen (secondary N) is 3. The molecule has 3 rings (SSSR count). The molecule has 1 aromatic heterocycles. The van der Waals surface area contributed by atoms with Crippen LogP contribution in [0.3, 0.4) is 0 Å². The second-order valence-electron chi connectivity index (χ2n) is 9.63. The van der Waals surface area contributed by atoms with E-state index in [-0.39, 0.29) is 19.1 Å². The number of carbonyl (C=O) groups is 3. The third-order valence-electron chi connectivity index (χ3n) is 6.64. The van der Waals surface area contributed by atoms with Gasteiger partial charge in [0.15, 0.2) is 0 Å². The van der Waals surface area contributed by atoms with Gasteiger partial charge in [-0.3, -0.25) is 9.78 Å². The fraction of sp³-hybridized carbons (Fsp3) is 0.667. The Morgan fingerprint density at radius 2 is 1.97 bits per heavy atom. The fourth-order valence-electron chi connectivity index (χ4n) is 4.49. The summed E-state index contributed by atoms with van der Waals surface area (Å²) in [6, 6.07) is -1.99. The second kappa shape index (κ2) is 12.3. The molecule has 9 nitrogen and oxygen atoms in total. The average molecular weight is 514 g/mol. The summed E-state index contributed by atoms with van der Waals surface area (Å²) in [6.07, 6.45) is 2.73. The Morgan fingerprint density at radius 3 is 2.61 bits per heavy atom. The molecule has 200 valence electrons. The van der Waals surface area contributed by atoms with Gasteiger partial charge < -0.3 is 25.6 Å². The van der Waals surface area contributed by atoms with Gasteiger partial charge in [0, 0.05) is 12.7 Å². The normalized spacial score (nSPS) is 23.1. The number of alkyl halides is 3. The lowest BCUT2D eigenvalue weighted by Crippen LogP contribution is -2.49. The van der Waals surface area contributed by atoms with Crippen LogP contribution in [-0.4, -0.2) is 59.3 Å². The molecule has 12 heteroatoms. The van der Waals surface area contributed by atoms with E-state index in [1.165, 1.54) is 12.4 Å². The van der Waals surface area contributed by atoms with Crippen molar-refractivity contribution in [1.82, 2.24) is 20.5 Å². The van der Waals surface area contributed by atoms with Crippen LogP contribution < -0.4 is 16.0 Å². The molecule has 1 saturated heterocycles. The van der Waals surface area contributed by atoms with Gasteiger partial charge in [0.2, 0.25) is 5.91 Å². The number of anilines is 1. The molecule has 36 heavy (non-hydrogen) atoms. The average Bonchev–Trinajstić information content (AvgIpc) is 3.19. The molecule has 0 aromatic carbocycles. The van der Waals surface area contributed by atoms with E-state index in [0.29, 0.717) is 17.2 Å². The van der Waals surface area contributed by atoms with Gasteiger partial charge in [-0.2, -0.15) is 13.2 Å². The van der Waals surface area contributed by atoms with Gasteiger partial charge in [-0.1, -0.05) is 33.1 Å². The molecule has 2 atom stereocenters. The van der Waals surface area contributed by atoms with E-state index in [1.807, 2.05) is 12.2 Å². The summed E-state index contributed by atoms with van der Waals surface area (Å²) in [4.78, 5) is 42.6. The van der Waals surface area contributed by atoms with Crippen molar-refractivity contribution in [3.8, 4) is 0 Å². The molecule has 0 spiro atoms. The van der Waals surface area contributed by atoms with Crippen molar-refractivity contribution in [2.45, 2.75) is 77.2 Å². The summed E-state index contributed by atoms with van der Waals surface area (Å²) >= 11 is 0. The highest BCUT2D eigenvalue weighted by molar-refractivity contribution is 5.96. The van der Waals surface area contributed by atoms with Crippen LogP contribution in [-0.2, 0) is 16.1 Å². The molecule has 1 aromatic rings. The van der Waals surface area contributed by atoms with E-state index in [9.17, 15) is 27.6 Å². The lowest BCUT2D eigenvalue weighted by atomic mass is 9.79. The molecule has 4 amide bonds. The monoisotopic (exact) mass is 513 g/mol. The molecule has 2 aliphatic rings. The van der Waals surface area contributed by atoms with E-state index in [0.717, 1.165) is 43.4 Å². The summed E-state index contributed by atoms with van der Waals surface area (Å²) in [7, 11) is 0. The number of carbonyl (C=O) groups excluding carboxylic acids is 3. The number of unbranched alkanes of at least 4 members (excludes halogenated alkanes) is 1. The highest BCUT2D eigenvalue weighted by Gasteiger charge is 2.46. The van der Waals surface area contributed by atoms with Crippen LogP contribution in [0.15, 0.2) is 18.5 Å². The van der Waals surface area contributed by atoms with Crippen molar-refractivity contribution < 1.29 is 32.3 Å². The number of hydrogen-bond donors (Lipinski definition) is 3. The molecule has 2 fully saturated rings. The quantitative estimate of drug-likeness (QED) is 0.429. The SMILES string of the molecule is CCCCOC(=O)N[C@@H](C(=O)Nc1cncc(CN2C[C@@H](C(F)(F)F)NC2=O)c1)C1CCC(C)CC1. The highest BCUT2D eigenvalue weighted by Crippen LogP contribution is 2.31. The fourth-order valence-corrected chi connectivity index (χ4v) is 4.49. The summed E-state index contributed by atoms with van der Waals surface area (Å²) in [6.45, 7) is 3.80. The Labute approximate surface area is 208 Å². The highest BCUT2D eigenvalue weighted by atomic mass is 19.4. The molecular formula is C24H34F3N5O4. The minimum absolute atomic E-state index is 0.0522. The zero-order valence-electron chi connectivity index (χ0n) is 20.6.